The summed E-state index contributed by atoms with van der Waals surface area (Å²) in [5.74, 6) is 4.54. The molecule has 0 aliphatic heterocycles. The summed E-state index contributed by atoms with van der Waals surface area (Å²) in [6.07, 6.45) is 17.8. The van der Waals surface area contributed by atoms with Crippen molar-refractivity contribution in [3.05, 3.63) is 126 Å². The molecule has 1 unspecified atom stereocenters. The van der Waals surface area contributed by atoms with Crippen LogP contribution in [0.2, 0.25) is 0 Å². The average molecular weight is 561 g/mol. The van der Waals surface area contributed by atoms with Gasteiger partial charge in [-0.2, -0.15) is 0 Å². The molecule has 0 aromatic heterocycles. The molecule has 4 N–H and O–H groups in total. The summed E-state index contributed by atoms with van der Waals surface area (Å²) in [6.45, 7) is 11.4. The second-order valence-electron chi connectivity index (χ2n) is 12.1. The van der Waals surface area contributed by atoms with Crippen LogP contribution < -0.4 is 11.5 Å². The molecule has 2 saturated carbocycles. The molecule has 0 bridgehead atoms. The van der Waals surface area contributed by atoms with Gasteiger partial charge in [-0.3, -0.25) is 0 Å². The van der Waals surface area contributed by atoms with Crippen LogP contribution in [0.3, 0.4) is 0 Å². The summed E-state index contributed by atoms with van der Waals surface area (Å²) >= 11 is 0. The lowest BCUT2D eigenvalue weighted by atomic mass is 9.81. The zero-order valence-corrected chi connectivity index (χ0v) is 26.0. The van der Waals surface area contributed by atoms with Crippen molar-refractivity contribution in [2.45, 2.75) is 101 Å². The summed E-state index contributed by atoms with van der Waals surface area (Å²) < 4.78 is 0. The smallest absolute Gasteiger partial charge is 0.0243 e. The predicted molar refractivity (Wildman–Crippen MR) is 184 cm³/mol. The van der Waals surface area contributed by atoms with E-state index in [4.69, 9.17) is 17.9 Å². The van der Waals surface area contributed by atoms with Gasteiger partial charge in [0.05, 0.1) is 0 Å². The topological polar surface area (TPSA) is 52.0 Å². The van der Waals surface area contributed by atoms with E-state index in [0.29, 0.717) is 23.9 Å². The number of hydrogen-bond acceptors (Lipinski definition) is 2. The molecular weight excluding hydrogens is 508 g/mol. The largest absolute Gasteiger partial charge is 0.328 e. The summed E-state index contributed by atoms with van der Waals surface area (Å²) in [6, 6.07) is 29.5. The van der Waals surface area contributed by atoms with Crippen LogP contribution in [0.5, 0.6) is 0 Å². The van der Waals surface area contributed by atoms with Crippen molar-refractivity contribution < 1.29 is 0 Å². The molecule has 2 fully saturated rings. The van der Waals surface area contributed by atoms with Gasteiger partial charge in [0.15, 0.2) is 0 Å². The Bertz CT molecular complexity index is 1230. The number of terminal acetylenes is 1. The van der Waals surface area contributed by atoms with Crippen LogP contribution in [0, 0.1) is 12.3 Å². The Morgan fingerprint density at radius 1 is 0.786 bits per heavy atom. The Balaban J connectivity index is 0.000000217. The van der Waals surface area contributed by atoms with Crippen LogP contribution in [-0.4, -0.2) is 12.1 Å². The van der Waals surface area contributed by atoms with Gasteiger partial charge in [0.1, 0.15) is 0 Å². The van der Waals surface area contributed by atoms with E-state index in [-0.39, 0.29) is 0 Å². The highest BCUT2D eigenvalue weighted by atomic mass is 14.6. The molecule has 5 rings (SSSR count). The van der Waals surface area contributed by atoms with E-state index in [1.54, 1.807) is 6.08 Å². The highest BCUT2D eigenvalue weighted by Crippen LogP contribution is 2.34. The normalized spacial score (nSPS) is 22.2. The minimum Gasteiger partial charge on any atom is -0.328 e. The highest BCUT2D eigenvalue weighted by Gasteiger charge is 2.21. The van der Waals surface area contributed by atoms with Gasteiger partial charge in [0.25, 0.3) is 0 Å². The van der Waals surface area contributed by atoms with Gasteiger partial charge in [-0.05, 0) is 110 Å². The molecule has 2 nitrogen and oxygen atoms in total. The number of allylic oxidation sites excluding steroid dienone is 2. The van der Waals surface area contributed by atoms with Crippen molar-refractivity contribution in [3.8, 4) is 12.3 Å². The van der Waals surface area contributed by atoms with Crippen molar-refractivity contribution in [2.75, 3.05) is 0 Å². The van der Waals surface area contributed by atoms with E-state index >= 15 is 0 Å². The lowest BCUT2D eigenvalue weighted by Crippen LogP contribution is -2.25. The average Bonchev–Trinajstić information content (AvgIpc) is 3.03. The SMILES string of the molecule is C#CC(=C)c1ccc(C2CCC(N)CC2)cc1.C=CC.CC(Cc1ccc(C2CCC(N)CC2)cc1)c1ccccc1. The van der Waals surface area contributed by atoms with Crippen LogP contribution in [-0.2, 0) is 6.42 Å². The molecule has 0 radical (unpaired) electrons. The van der Waals surface area contributed by atoms with E-state index in [0.717, 1.165) is 36.3 Å². The van der Waals surface area contributed by atoms with Gasteiger partial charge >= 0.3 is 0 Å². The molecule has 1 atom stereocenters. The van der Waals surface area contributed by atoms with E-state index in [2.05, 4.69) is 105 Å². The molecule has 3 aromatic rings. The van der Waals surface area contributed by atoms with Gasteiger partial charge in [0.2, 0.25) is 0 Å². The predicted octanol–water partition coefficient (Wildman–Crippen LogP) is 9.53. The molecule has 2 aliphatic carbocycles. The number of benzene rings is 3. The zero-order chi connectivity index (χ0) is 30.3. The Morgan fingerprint density at radius 2 is 1.21 bits per heavy atom. The first-order chi connectivity index (χ1) is 20.3. The van der Waals surface area contributed by atoms with E-state index in [1.165, 1.54) is 60.8 Å². The fraction of sp³-hybridized carbons (Fsp3) is 0.400. The Kier molecular flexibility index (Phi) is 13.8. The Labute approximate surface area is 256 Å². The van der Waals surface area contributed by atoms with Gasteiger partial charge in [-0.1, -0.05) is 104 Å². The maximum atomic E-state index is 6.01. The number of hydrogen-bond donors (Lipinski definition) is 2. The standard InChI is InChI=1S/C21H27N.C16H19N.C3H6/c1-16(18-5-3-2-4-6-18)15-17-7-9-19(10-8-17)20-11-13-21(22)14-12-20;1-3-12(2)13-4-6-14(7-5-13)15-8-10-16(17)11-9-15;1-3-2/h2-10,16,20-21H,11-15,22H2,1H3;1,4-7,15-16H,2,8-11,17H2;3H,1H2,2H3. The van der Waals surface area contributed by atoms with Gasteiger partial charge in [0, 0.05) is 17.7 Å². The third kappa shape index (κ3) is 10.5. The van der Waals surface area contributed by atoms with Crippen molar-refractivity contribution in [1.82, 2.24) is 0 Å². The second-order valence-corrected chi connectivity index (χ2v) is 12.1. The molecule has 222 valence electrons. The minimum absolute atomic E-state index is 0.409. The molecule has 3 aromatic carbocycles. The maximum absolute atomic E-state index is 6.01. The zero-order valence-electron chi connectivity index (χ0n) is 26.0. The fourth-order valence-corrected chi connectivity index (χ4v) is 6.12. The third-order valence-electron chi connectivity index (χ3n) is 8.81. The minimum atomic E-state index is 0.409. The van der Waals surface area contributed by atoms with Gasteiger partial charge in [-0.15, -0.1) is 13.0 Å². The summed E-state index contributed by atoms with van der Waals surface area (Å²) in [4.78, 5) is 0. The molecule has 0 spiro atoms. The molecule has 2 aliphatic rings. The Morgan fingerprint density at radius 3 is 1.64 bits per heavy atom. The molecular formula is C40H52N2. The summed E-state index contributed by atoms with van der Waals surface area (Å²) in [5.41, 5.74) is 19.5. The molecule has 0 amide bonds. The molecule has 42 heavy (non-hydrogen) atoms. The van der Waals surface area contributed by atoms with Gasteiger partial charge < -0.3 is 11.5 Å². The van der Waals surface area contributed by atoms with Gasteiger partial charge in [-0.25, -0.2) is 0 Å². The van der Waals surface area contributed by atoms with E-state index in [1.807, 2.05) is 6.92 Å². The van der Waals surface area contributed by atoms with E-state index in [9.17, 15) is 0 Å². The monoisotopic (exact) mass is 560 g/mol. The fourth-order valence-electron chi connectivity index (χ4n) is 6.12. The Hall–Kier alpha value is -3.38. The highest BCUT2D eigenvalue weighted by molar-refractivity contribution is 5.76. The van der Waals surface area contributed by atoms with Crippen molar-refractivity contribution in [1.29, 1.82) is 0 Å². The van der Waals surface area contributed by atoms with Crippen molar-refractivity contribution in [3.63, 3.8) is 0 Å². The van der Waals surface area contributed by atoms with E-state index < -0.39 is 0 Å². The number of nitrogens with two attached hydrogens (primary N) is 2. The first-order valence-corrected chi connectivity index (χ1v) is 15.8. The summed E-state index contributed by atoms with van der Waals surface area (Å²) in [5, 5.41) is 0. The van der Waals surface area contributed by atoms with Crippen LogP contribution >= 0.6 is 0 Å². The first kappa shape index (κ1) is 33.1. The quantitative estimate of drug-likeness (QED) is 0.233. The van der Waals surface area contributed by atoms with Crippen LogP contribution in [0.15, 0.2) is 98.1 Å². The number of rotatable bonds is 6. The molecule has 0 heterocycles. The van der Waals surface area contributed by atoms with Crippen molar-refractivity contribution in [2.24, 2.45) is 11.5 Å². The maximum Gasteiger partial charge on any atom is 0.0243 e. The second kappa shape index (κ2) is 17.5. The van der Waals surface area contributed by atoms with Crippen molar-refractivity contribution >= 4 is 5.57 Å². The van der Waals surface area contributed by atoms with Crippen LogP contribution in [0.1, 0.15) is 111 Å². The third-order valence-corrected chi connectivity index (χ3v) is 8.81. The lowest BCUT2D eigenvalue weighted by Gasteiger charge is -2.26. The first-order valence-electron chi connectivity index (χ1n) is 15.8. The van der Waals surface area contributed by atoms with Crippen LogP contribution in [0.4, 0.5) is 0 Å². The molecule has 0 saturated heterocycles. The molecule has 2 heteroatoms. The summed E-state index contributed by atoms with van der Waals surface area (Å²) in [7, 11) is 0. The van der Waals surface area contributed by atoms with Crippen LogP contribution in [0.25, 0.3) is 5.57 Å². The lowest BCUT2D eigenvalue weighted by molar-refractivity contribution is 0.395.